The number of hydrogen-bond acceptors (Lipinski definition) is 3. The van der Waals surface area contributed by atoms with E-state index in [1.54, 1.807) is 4.90 Å². The Hall–Kier alpha value is -2.86. The third kappa shape index (κ3) is 3.27. The summed E-state index contributed by atoms with van der Waals surface area (Å²) in [6.45, 7) is 3.96. The summed E-state index contributed by atoms with van der Waals surface area (Å²) in [6, 6.07) is 15.3. The Labute approximate surface area is 170 Å². The molecule has 3 amide bonds. The van der Waals surface area contributed by atoms with Gasteiger partial charge < -0.3 is 20.4 Å². The predicted octanol–water partition coefficient (Wildman–Crippen LogP) is 3.20. The first-order chi connectivity index (χ1) is 14.1. The number of urea groups is 1. The number of amides is 3. The average molecular weight is 390 g/mol. The Morgan fingerprint density at radius 3 is 2.34 bits per heavy atom. The van der Waals surface area contributed by atoms with E-state index in [9.17, 15) is 9.59 Å². The molecular weight excluding hydrogens is 364 g/mol. The number of fused-ring (bicyclic) bond motifs is 1. The van der Waals surface area contributed by atoms with Crippen molar-refractivity contribution in [3.8, 4) is 0 Å². The summed E-state index contributed by atoms with van der Waals surface area (Å²) in [7, 11) is 0. The molecule has 29 heavy (non-hydrogen) atoms. The van der Waals surface area contributed by atoms with Gasteiger partial charge in [0.25, 0.3) is 5.91 Å². The summed E-state index contributed by atoms with van der Waals surface area (Å²) in [5.41, 5.74) is 3.79. The monoisotopic (exact) mass is 390 g/mol. The third-order valence-electron chi connectivity index (χ3n) is 6.57. The van der Waals surface area contributed by atoms with E-state index in [2.05, 4.69) is 27.7 Å². The van der Waals surface area contributed by atoms with E-state index in [1.807, 2.05) is 36.4 Å². The van der Waals surface area contributed by atoms with Gasteiger partial charge in [-0.25, -0.2) is 4.79 Å². The van der Waals surface area contributed by atoms with Crippen molar-refractivity contribution in [2.24, 2.45) is 0 Å². The van der Waals surface area contributed by atoms with Crippen LogP contribution in [-0.4, -0.2) is 46.9 Å². The Kier molecular flexibility index (Phi) is 4.51. The van der Waals surface area contributed by atoms with Crippen molar-refractivity contribution in [2.75, 3.05) is 25.0 Å². The summed E-state index contributed by atoms with van der Waals surface area (Å²) in [6.07, 6.45) is 3.18. The molecule has 0 aliphatic carbocycles. The molecule has 1 unspecified atom stereocenters. The van der Waals surface area contributed by atoms with Crippen LogP contribution in [0, 0.1) is 0 Å². The summed E-state index contributed by atoms with van der Waals surface area (Å²) >= 11 is 0. The zero-order valence-electron chi connectivity index (χ0n) is 16.5. The highest BCUT2D eigenvalue weighted by atomic mass is 16.2. The molecule has 150 valence electrons. The molecule has 2 saturated heterocycles. The van der Waals surface area contributed by atoms with Gasteiger partial charge in [-0.2, -0.15) is 0 Å². The molecule has 2 N–H and O–H groups in total. The number of anilines is 1. The van der Waals surface area contributed by atoms with E-state index in [0.717, 1.165) is 38.9 Å². The minimum atomic E-state index is -0.115. The van der Waals surface area contributed by atoms with E-state index in [4.69, 9.17) is 0 Å². The van der Waals surface area contributed by atoms with Crippen molar-refractivity contribution in [3.05, 3.63) is 65.2 Å². The van der Waals surface area contributed by atoms with Crippen LogP contribution in [0.25, 0.3) is 0 Å². The maximum absolute atomic E-state index is 13.1. The van der Waals surface area contributed by atoms with Crippen LogP contribution in [0.3, 0.4) is 0 Å². The lowest BCUT2D eigenvalue weighted by atomic mass is 9.94. The van der Waals surface area contributed by atoms with Gasteiger partial charge in [0.1, 0.15) is 0 Å². The Balaban J connectivity index is 1.24. The van der Waals surface area contributed by atoms with Crippen LogP contribution < -0.4 is 10.6 Å². The van der Waals surface area contributed by atoms with Gasteiger partial charge in [-0.3, -0.25) is 4.79 Å². The van der Waals surface area contributed by atoms with Crippen molar-refractivity contribution in [1.82, 2.24) is 15.1 Å². The SMILES string of the molecule is O=C(Nc1ccc(C(=O)N2CCCC23CCNC3)cc1)N1Cc2ccccc2C1. The fraction of sp³-hybridized carbons (Fsp3) is 0.391. The number of carbonyl (C=O) groups excluding carboxylic acids is 2. The average Bonchev–Trinajstić information content (AvgIpc) is 3.48. The fourth-order valence-electron chi connectivity index (χ4n) is 4.96. The zero-order chi connectivity index (χ0) is 19.8. The molecule has 0 saturated carbocycles. The summed E-state index contributed by atoms with van der Waals surface area (Å²) in [5.74, 6) is 0.0964. The number of rotatable bonds is 2. The maximum atomic E-state index is 13.1. The molecule has 1 atom stereocenters. The van der Waals surface area contributed by atoms with E-state index < -0.39 is 0 Å². The predicted molar refractivity (Wildman–Crippen MR) is 112 cm³/mol. The largest absolute Gasteiger partial charge is 0.332 e. The number of likely N-dealkylation sites (tertiary alicyclic amines) is 1. The number of nitrogens with one attached hydrogen (secondary N) is 2. The van der Waals surface area contributed by atoms with E-state index in [0.29, 0.717) is 24.3 Å². The van der Waals surface area contributed by atoms with Crippen molar-refractivity contribution in [1.29, 1.82) is 0 Å². The van der Waals surface area contributed by atoms with Crippen molar-refractivity contribution < 1.29 is 9.59 Å². The highest BCUT2D eigenvalue weighted by molar-refractivity contribution is 5.96. The van der Waals surface area contributed by atoms with Crippen LogP contribution in [0.4, 0.5) is 10.5 Å². The topological polar surface area (TPSA) is 64.7 Å². The molecule has 2 aromatic carbocycles. The second-order valence-corrected chi connectivity index (χ2v) is 8.34. The van der Waals surface area contributed by atoms with Crippen molar-refractivity contribution >= 4 is 17.6 Å². The minimum Gasteiger partial charge on any atom is -0.332 e. The smallest absolute Gasteiger partial charge is 0.322 e. The van der Waals surface area contributed by atoms with Gasteiger partial charge in [-0.15, -0.1) is 0 Å². The molecule has 3 heterocycles. The van der Waals surface area contributed by atoms with Crippen LogP contribution in [0.5, 0.6) is 0 Å². The molecule has 0 aromatic heterocycles. The Bertz CT molecular complexity index is 904. The van der Waals surface area contributed by atoms with Gasteiger partial charge in [0.15, 0.2) is 0 Å². The summed E-state index contributed by atoms with van der Waals surface area (Å²) in [5, 5.41) is 6.36. The normalized spacial score (nSPS) is 22.9. The number of benzene rings is 2. The summed E-state index contributed by atoms with van der Waals surface area (Å²) < 4.78 is 0. The summed E-state index contributed by atoms with van der Waals surface area (Å²) in [4.78, 5) is 29.5. The molecule has 2 aromatic rings. The molecule has 5 rings (SSSR count). The van der Waals surface area contributed by atoms with Crippen LogP contribution in [0.1, 0.15) is 40.7 Å². The lowest BCUT2D eigenvalue weighted by molar-refractivity contribution is 0.0625. The van der Waals surface area contributed by atoms with Crippen LogP contribution >= 0.6 is 0 Å². The molecular formula is C23H26N4O2. The number of nitrogens with zero attached hydrogens (tertiary/aromatic N) is 2. The highest BCUT2D eigenvalue weighted by Gasteiger charge is 2.45. The first-order valence-electron chi connectivity index (χ1n) is 10.4. The minimum absolute atomic E-state index is 0.00523. The quantitative estimate of drug-likeness (QED) is 0.828. The molecule has 3 aliphatic heterocycles. The lowest BCUT2D eigenvalue weighted by Gasteiger charge is -2.34. The molecule has 0 bridgehead atoms. The molecule has 2 fully saturated rings. The van der Waals surface area contributed by atoms with Crippen molar-refractivity contribution in [2.45, 2.75) is 37.9 Å². The van der Waals surface area contributed by atoms with E-state index >= 15 is 0 Å². The molecule has 3 aliphatic rings. The fourth-order valence-corrected chi connectivity index (χ4v) is 4.96. The zero-order valence-corrected chi connectivity index (χ0v) is 16.5. The molecule has 1 spiro atoms. The van der Waals surface area contributed by atoms with Gasteiger partial charge in [-0.1, -0.05) is 24.3 Å². The third-order valence-corrected chi connectivity index (χ3v) is 6.57. The second-order valence-electron chi connectivity index (χ2n) is 8.34. The highest BCUT2D eigenvalue weighted by Crippen LogP contribution is 2.35. The van der Waals surface area contributed by atoms with Crippen molar-refractivity contribution in [3.63, 3.8) is 0 Å². The number of carbonyl (C=O) groups is 2. The van der Waals surface area contributed by atoms with Gasteiger partial charge in [0.05, 0.1) is 5.54 Å². The first-order valence-corrected chi connectivity index (χ1v) is 10.4. The first kappa shape index (κ1) is 18.2. The van der Waals surface area contributed by atoms with Gasteiger partial charge in [0.2, 0.25) is 0 Å². The molecule has 0 radical (unpaired) electrons. The van der Waals surface area contributed by atoms with Crippen LogP contribution in [0.2, 0.25) is 0 Å². The Morgan fingerprint density at radius 2 is 1.69 bits per heavy atom. The maximum Gasteiger partial charge on any atom is 0.322 e. The standard InChI is InChI=1S/C23H26N4O2/c28-21(27-13-3-10-23(27)11-12-24-16-23)17-6-8-20(9-7-17)25-22(29)26-14-18-4-1-2-5-19(18)15-26/h1-2,4-9,24H,3,10-16H2,(H,25,29). The molecule has 6 heteroatoms. The second kappa shape index (κ2) is 7.19. The van der Waals surface area contributed by atoms with Gasteiger partial charge in [0, 0.05) is 37.4 Å². The van der Waals surface area contributed by atoms with Crippen LogP contribution in [-0.2, 0) is 13.1 Å². The number of hydrogen-bond donors (Lipinski definition) is 2. The van der Waals surface area contributed by atoms with Crippen LogP contribution in [0.15, 0.2) is 48.5 Å². The van der Waals surface area contributed by atoms with E-state index in [1.165, 1.54) is 11.1 Å². The molecule has 6 nitrogen and oxygen atoms in total. The van der Waals surface area contributed by atoms with Gasteiger partial charge >= 0.3 is 6.03 Å². The lowest BCUT2D eigenvalue weighted by Crippen LogP contribution is -2.48. The Morgan fingerprint density at radius 1 is 0.966 bits per heavy atom. The van der Waals surface area contributed by atoms with Gasteiger partial charge in [-0.05, 0) is 61.2 Å². The van der Waals surface area contributed by atoms with E-state index in [-0.39, 0.29) is 17.5 Å².